The molecule has 1 aliphatic rings. The topological polar surface area (TPSA) is 155 Å². The van der Waals surface area contributed by atoms with Crippen molar-refractivity contribution in [2.45, 2.75) is 71.6 Å². The number of ether oxygens (including phenoxy) is 1. The number of thiazole rings is 1. The van der Waals surface area contributed by atoms with Gasteiger partial charge in [0.25, 0.3) is 0 Å². The quantitative estimate of drug-likeness (QED) is 0.270. The summed E-state index contributed by atoms with van der Waals surface area (Å²) in [5, 5.41) is 26.2. The molecule has 3 heterocycles. The SMILES string of the molecule is Cc1cc(C(C(=O)N2C[C@H](O)C[C@H]2C(=O)NCc2ccc(-c3scnc3C)cc2OCCCC(=O)O)C(C)C)on1. The maximum atomic E-state index is 13.6. The first-order valence-corrected chi connectivity index (χ1v) is 14.5. The van der Waals surface area contributed by atoms with E-state index < -0.39 is 24.0 Å². The summed E-state index contributed by atoms with van der Waals surface area (Å²) < 4.78 is 11.4. The molecule has 4 rings (SSSR count). The monoisotopic (exact) mass is 584 g/mol. The number of carboxylic acids is 1. The summed E-state index contributed by atoms with van der Waals surface area (Å²) in [5.41, 5.74) is 4.92. The van der Waals surface area contributed by atoms with Crippen molar-refractivity contribution in [3.63, 3.8) is 0 Å². The average Bonchev–Trinajstić information content (AvgIpc) is 3.65. The molecule has 1 aliphatic heterocycles. The van der Waals surface area contributed by atoms with Crippen molar-refractivity contribution < 1.29 is 33.9 Å². The fourth-order valence-corrected chi connectivity index (χ4v) is 5.81. The Labute approximate surface area is 242 Å². The lowest BCUT2D eigenvalue weighted by molar-refractivity contribution is -0.141. The number of β-amino-alcohol motifs (C(OH)–C–C–N with tert-alkyl or cyclic N) is 1. The Morgan fingerprint density at radius 1 is 1.24 bits per heavy atom. The van der Waals surface area contributed by atoms with Crippen LogP contribution < -0.4 is 10.1 Å². The summed E-state index contributed by atoms with van der Waals surface area (Å²) >= 11 is 1.51. The predicted octanol–water partition coefficient (Wildman–Crippen LogP) is 3.68. The molecule has 41 heavy (non-hydrogen) atoms. The molecule has 1 unspecified atom stereocenters. The van der Waals surface area contributed by atoms with E-state index in [2.05, 4.69) is 15.5 Å². The fraction of sp³-hybridized carbons (Fsp3) is 0.483. The number of amides is 2. The fourth-order valence-electron chi connectivity index (χ4n) is 5.01. The van der Waals surface area contributed by atoms with Gasteiger partial charge in [-0.05, 0) is 37.8 Å². The first kappa shape index (κ1) is 30.2. The third kappa shape index (κ3) is 7.31. The second-order valence-corrected chi connectivity index (χ2v) is 11.5. The minimum atomic E-state index is -0.897. The van der Waals surface area contributed by atoms with Crippen LogP contribution in [0.1, 0.15) is 61.7 Å². The number of aliphatic hydroxyl groups is 1. The second kappa shape index (κ2) is 13.3. The van der Waals surface area contributed by atoms with Crippen LogP contribution in [0.5, 0.6) is 5.75 Å². The van der Waals surface area contributed by atoms with E-state index in [0.717, 1.165) is 16.1 Å². The second-order valence-electron chi connectivity index (χ2n) is 10.6. The smallest absolute Gasteiger partial charge is 0.303 e. The molecule has 3 aromatic rings. The van der Waals surface area contributed by atoms with Gasteiger partial charge in [-0.25, -0.2) is 4.98 Å². The third-order valence-corrected chi connectivity index (χ3v) is 8.05. The van der Waals surface area contributed by atoms with Crippen molar-refractivity contribution in [2.24, 2.45) is 5.92 Å². The van der Waals surface area contributed by atoms with E-state index in [-0.39, 0.29) is 50.3 Å². The number of hydrogen-bond donors (Lipinski definition) is 3. The van der Waals surface area contributed by atoms with Crippen LogP contribution in [-0.4, -0.2) is 68.3 Å². The zero-order valence-corrected chi connectivity index (χ0v) is 24.4. The molecule has 0 aliphatic carbocycles. The molecule has 1 saturated heterocycles. The summed E-state index contributed by atoms with van der Waals surface area (Å²) in [4.78, 5) is 44.7. The number of aryl methyl sites for hydroxylation is 2. The summed E-state index contributed by atoms with van der Waals surface area (Å²) in [6.45, 7) is 7.87. The van der Waals surface area contributed by atoms with Crippen molar-refractivity contribution in [1.29, 1.82) is 0 Å². The maximum absolute atomic E-state index is 13.6. The Kier molecular flexibility index (Phi) is 9.77. The zero-order chi connectivity index (χ0) is 29.7. The first-order valence-electron chi connectivity index (χ1n) is 13.6. The number of carboxylic acid groups (broad SMARTS) is 1. The average molecular weight is 585 g/mol. The Bertz CT molecular complexity index is 1380. The largest absolute Gasteiger partial charge is 0.493 e. The molecule has 0 bridgehead atoms. The molecule has 12 heteroatoms. The number of aliphatic hydroxyl groups excluding tert-OH is 1. The van der Waals surface area contributed by atoms with Gasteiger partial charge in [-0.15, -0.1) is 11.3 Å². The highest BCUT2D eigenvalue weighted by Crippen LogP contribution is 2.33. The summed E-state index contributed by atoms with van der Waals surface area (Å²) in [7, 11) is 0. The van der Waals surface area contributed by atoms with Crippen LogP contribution in [0.25, 0.3) is 10.4 Å². The van der Waals surface area contributed by atoms with Gasteiger partial charge >= 0.3 is 5.97 Å². The number of aromatic nitrogens is 2. The zero-order valence-electron chi connectivity index (χ0n) is 23.6. The van der Waals surface area contributed by atoms with Gasteiger partial charge in [0.2, 0.25) is 11.8 Å². The van der Waals surface area contributed by atoms with E-state index in [0.29, 0.717) is 29.2 Å². The normalized spacial score (nSPS) is 17.6. The molecule has 0 radical (unpaired) electrons. The van der Waals surface area contributed by atoms with Crippen LogP contribution >= 0.6 is 11.3 Å². The molecule has 0 spiro atoms. The Hall–Kier alpha value is -3.77. The number of hydrogen-bond acceptors (Lipinski definition) is 9. The standard InChI is InChI=1S/C29H36N4O7S/c1-16(2)26(24-10-17(3)32-40-24)29(38)33-14-21(34)12-22(33)28(37)30-13-20-8-7-19(27-18(4)31-15-41-27)11-23(20)39-9-5-6-25(35)36/h7-8,10-11,15-16,21-22,26,34H,5-6,9,12-14H2,1-4H3,(H,30,37)(H,35,36)/t21-,22+,26?/m1/s1. The van der Waals surface area contributed by atoms with Gasteiger partial charge in [0.15, 0.2) is 0 Å². The molecule has 2 aromatic heterocycles. The molecule has 11 nitrogen and oxygen atoms in total. The molecule has 0 saturated carbocycles. The maximum Gasteiger partial charge on any atom is 0.303 e. The van der Waals surface area contributed by atoms with Crippen molar-refractivity contribution >= 4 is 29.1 Å². The molecule has 2 amide bonds. The van der Waals surface area contributed by atoms with Crippen molar-refractivity contribution in [3.8, 4) is 16.2 Å². The predicted molar refractivity (Wildman–Crippen MR) is 151 cm³/mol. The van der Waals surface area contributed by atoms with E-state index >= 15 is 0 Å². The highest BCUT2D eigenvalue weighted by atomic mass is 32.1. The molecule has 1 fully saturated rings. The van der Waals surface area contributed by atoms with Gasteiger partial charge in [0, 0.05) is 37.6 Å². The van der Waals surface area contributed by atoms with Crippen LogP contribution in [-0.2, 0) is 20.9 Å². The third-order valence-electron chi connectivity index (χ3n) is 7.07. The Balaban J connectivity index is 1.50. The van der Waals surface area contributed by atoms with E-state index in [4.69, 9.17) is 14.4 Å². The summed E-state index contributed by atoms with van der Waals surface area (Å²) in [5.74, 6) is -1.36. The van der Waals surface area contributed by atoms with Gasteiger partial charge in [-0.1, -0.05) is 31.1 Å². The summed E-state index contributed by atoms with van der Waals surface area (Å²) in [6, 6.07) is 6.52. The van der Waals surface area contributed by atoms with Gasteiger partial charge in [0.05, 0.1) is 34.5 Å². The molecule has 3 atom stereocenters. The van der Waals surface area contributed by atoms with Gasteiger partial charge in [-0.3, -0.25) is 14.4 Å². The molecule has 220 valence electrons. The van der Waals surface area contributed by atoms with Crippen LogP contribution in [0.2, 0.25) is 0 Å². The van der Waals surface area contributed by atoms with E-state index in [1.807, 2.05) is 39.0 Å². The highest BCUT2D eigenvalue weighted by molar-refractivity contribution is 7.13. The van der Waals surface area contributed by atoms with E-state index in [1.165, 1.54) is 16.2 Å². The van der Waals surface area contributed by atoms with Crippen molar-refractivity contribution in [3.05, 3.63) is 52.5 Å². The highest BCUT2D eigenvalue weighted by Gasteiger charge is 2.43. The summed E-state index contributed by atoms with van der Waals surface area (Å²) in [6.07, 6.45) is -0.378. The van der Waals surface area contributed by atoms with Crippen molar-refractivity contribution in [2.75, 3.05) is 13.2 Å². The minimum Gasteiger partial charge on any atom is -0.493 e. The number of nitrogens with one attached hydrogen (secondary N) is 1. The number of rotatable bonds is 12. The lowest BCUT2D eigenvalue weighted by Gasteiger charge is -2.28. The number of benzene rings is 1. The Morgan fingerprint density at radius 3 is 2.66 bits per heavy atom. The number of likely N-dealkylation sites (tertiary alicyclic amines) is 1. The molecule has 3 N–H and O–H groups in total. The molecule has 1 aromatic carbocycles. The lowest BCUT2D eigenvalue weighted by atomic mass is 9.91. The van der Waals surface area contributed by atoms with Crippen LogP contribution in [0, 0.1) is 19.8 Å². The van der Waals surface area contributed by atoms with Crippen LogP contribution in [0.15, 0.2) is 34.3 Å². The Morgan fingerprint density at radius 2 is 2.02 bits per heavy atom. The van der Waals surface area contributed by atoms with E-state index in [9.17, 15) is 19.5 Å². The minimum absolute atomic E-state index is 0.0153. The van der Waals surface area contributed by atoms with Gasteiger partial charge in [0.1, 0.15) is 23.5 Å². The first-order chi connectivity index (χ1) is 19.5. The van der Waals surface area contributed by atoms with Crippen LogP contribution in [0.3, 0.4) is 0 Å². The lowest BCUT2D eigenvalue weighted by Crippen LogP contribution is -2.48. The number of aliphatic carboxylic acids is 1. The number of carbonyl (C=O) groups excluding carboxylic acids is 2. The number of nitrogens with zero attached hydrogens (tertiary/aromatic N) is 3. The molecular formula is C29H36N4O7S. The van der Waals surface area contributed by atoms with Gasteiger partial charge < -0.3 is 29.7 Å². The number of carbonyl (C=O) groups is 3. The van der Waals surface area contributed by atoms with E-state index in [1.54, 1.807) is 18.5 Å². The van der Waals surface area contributed by atoms with Crippen LogP contribution in [0.4, 0.5) is 0 Å². The molecular weight excluding hydrogens is 548 g/mol. The van der Waals surface area contributed by atoms with Crippen molar-refractivity contribution in [1.82, 2.24) is 20.4 Å². The van der Waals surface area contributed by atoms with Gasteiger partial charge in [-0.2, -0.15) is 0 Å².